The van der Waals surface area contributed by atoms with Gasteiger partial charge < -0.3 is 10.6 Å². The van der Waals surface area contributed by atoms with Crippen LogP contribution in [0.5, 0.6) is 0 Å². The molecular weight excluding hydrogens is 412 g/mol. The van der Waals surface area contributed by atoms with E-state index in [9.17, 15) is 4.79 Å². The van der Waals surface area contributed by atoms with Gasteiger partial charge >= 0.3 is 0 Å². The summed E-state index contributed by atoms with van der Waals surface area (Å²) in [6.07, 6.45) is 4.07. The summed E-state index contributed by atoms with van der Waals surface area (Å²) in [5.74, 6) is 0.735. The third-order valence-electron chi connectivity index (χ3n) is 6.17. The molecule has 6 rings (SSSR count). The summed E-state index contributed by atoms with van der Waals surface area (Å²) >= 11 is 1.59. The highest BCUT2D eigenvalue weighted by molar-refractivity contribution is 7.24. The molecule has 0 unspecified atom stereocenters. The number of aromatic nitrogens is 3. The minimum Gasteiger partial charge on any atom is -0.355 e. The van der Waals surface area contributed by atoms with Crippen LogP contribution >= 0.6 is 11.3 Å². The number of hydrogen-bond acceptors (Lipinski definition) is 8. The summed E-state index contributed by atoms with van der Waals surface area (Å²) in [5.41, 5.74) is 11.3. The lowest BCUT2D eigenvalue weighted by Gasteiger charge is -2.30. The quantitative estimate of drug-likeness (QED) is 0.464. The van der Waals surface area contributed by atoms with Gasteiger partial charge in [0, 0.05) is 25.2 Å². The van der Waals surface area contributed by atoms with Crippen molar-refractivity contribution >= 4 is 43.2 Å². The van der Waals surface area contributed by atoms with E-state index in [2.05, 4.69) is 37.1 Å². The predicted octanol–water partition coefficient (Wildman–Crippen LogP) is 2.57. The second kappa shape index (κ2) is 7.52. The summed E-state index contributed by atoms with van der Waals surface area (Å²) in [6, 6.07) is 10.7. The fraction of sp³-hybridized carbons (Fsp3) is 0.409. The Hall–Kier alpha value is -2.59. The van der Waals surface area contributed by atoms with Crippen LogP contribution in [0.15, 0.2) is 35.1 Å². The molecule has 9 heteroatoms. The van der Waals surface area contributed by atoms with E-state index >= 15 is 0 Å². The fourth-order valence-corrected chi connectivity index (χ4v) is 5.37. The number of nitrogens with two attached hydrogens (primary N) is 1. The van der Waals surface area contributed by atoms with Crippen molar-refractivity contribution in [3.05, 3.63) is 46.1 Å². The van der Waals surface area contributed by atoms with Crippen molar-refractivity contribution < 1.29 is 4.84 Å². The zero-order valence-corrected chi connectivity index (χ0v) is 17.9. The maximum atomic E-state index is 13.6. The van der Waals surface area contributed by atoms with E-state index in [1.165, 1.54) is 0 Å². The van der Waals surface area contributed by atoms with Crippen molar-refractivity contribution in [1.29, 1.82) is 0 Å². The number of para-hydroxylation sites is 1. The number of hydroxylamine groups is 1. The SMILES string of the molecule is NC1CCN(c2cc3c(=O)c(CONC4CC4)c4sc5ccccc5n4c3nn2)CC1. The van der Waals surface area contributed by atoms with Gasteiger partial charge in [-0.25, -0.2) is 0 Å². The maximum Gasteiger partial charge on any atom is 0.198 e. The van der Waals surface area contributed by atoms with Gasteiger partial charge in [-0.3, -0.25) is 14.0 Å². The Morgan fingerprint density at radius 2 is 1.97 bits per heavy atom. The standard InChI is InChI=1S/C22H24N6O2S/c23-13-7-9-27(10-8-13)19-11-15-20(29)16(12-30-26-14-5-6-14)22-28(21(15)25-24-19)17-3-1-2-4-18(17)31-22/h1-4,11,13-14,26H,5-10,12,23H2. The van der Waals surface area contributed by atoms with E-state index in [1.54, 1.807) is 11.3 Å². The fourth-order valence-electron chi connectivity index (χ4n) is 4.20. The number of nitrogens with one attached hydrogen (secondary N) is 1. The highest BCUT2D eigenvalue weighted by atomic mass is 32.1. The summed E-state index contributed by atoms with van der Waals surface area (Å²) in [6.45, 7) is 1.87. The zero-order chi connectivity index (χ0) is 20.9. The lowest BCUT2D eigenvalue weighted by Crippen LogP contribution is -2.40. The van der Waals surface area contributed by atoms with Crippen LogP contribution in [0, 0.1) is 0 Å². The smallest absolute Gasteiger partial charge is 0.198 e. The summed E-state index contributed by atoms with van der Waals surface area (Å²) in [7, 11) is 0. The molecule has 8 nitrogen and oxygen atoms in total. The molecule has 1 aliphatic heterocycles. The summed E-state index contributed by atoms with van der Waals surface area (Å²) in [5, 5.41) is 9.60. The van der Waals surface area contributed by atoms with Gasteiger partial charge in [0.1, 0.15) is 11.4 Å². The molecule has 0 bridgehead atoms. The maximum absolute atomic E-state index is 13.6. The molecule has 4 aromatic rings. The molecular formula is C22H24N6O2S. The highest BCUT2D eigenvalue weighted by Gasteiger charge is 2.24. The van der Waals surface area contributed by atoms with Crippen LogP contribution in [0.2, 0.25) is 0 Å². The van der Waals surface area contributed by atoms with Crippen LogP contribution in [0.25, 0.3) is 26.1 Å². The summed E-state index contributed by atoms with van der Waals surface area (Å²) < 4.78 is 3.15. The van der Waals surface area contributed by atoms with Gasteiger partial charge in [0.15, 0.2) is 16.9 Å². The van der Waals surface area contributed by atoms with Crippen LogP contribution in [0.1, 0.15) is 31.2 Å². The molecule has 1 saturated carbocycles. The molecule has 0 amide bonds. The number of anilines is 1. The van der Waals surface area contributed by atoms with Crippen molar-refractivity contribution in [3.8, 4) is 0 Å². The van der Waals surface area contributed by atoms with Crippen molar-refractivity contribution in [2.24, 2.45) is 5.73 Å². The Morgan fingerprint density at radius 1 is 1.16 bits per heavy atom. The highest BCUT2D eigenvalue weighted by Crippen LogP contribution is 2.31. The molecule has 0 radical (unpaired) electrons. The molecule has 1 saturated heterocycles. The van der Waals surface area contributed by atoms with Crippen LogP contribution in [-0.2, 0) is 11.4 Å². The van der Waals surface area contributed by atoms with Crippen molar-refractivity contribution in [2.75, 3.05) is 18.0 Å². The predicted molar refractivity (Wildman–Crippen MR) is 123 cm³/mol. The number of piperidine rings is 1. The third kappa shape index (κ3) is 3.38. The van der Waals surface area contributed by atoms with Gasteiger partial charge in [0.05, 0.1) is 21.2 Å². The first-order chi connectivity index (χ1) is 15.2. The first-order valence-corrected chi connectivity index (χ1v) is 11.6. The lowest BCUT2D eigenvalue weighted by atomic mass is 10.1. The molecule has 31 heavy (non-hydrogen) atoms. The van der Waals surface area contributed by atoms with E-state index < -0.39 is 0 Å². The van der Waals surface area contributed by atoms with E-state index in [0.717, 1.165) is 59.6 Å². The Balaban J connectivity index is 1.53. The number of rotatable bonds is 5. The first kappa shape index (κ1) is 19.1. The Morgan fingerprint density at radius 3 is 2.77 bits per heavy atom. The van der Waals surface area contributed by atoms with Crippen LogP contribution in [0.3, 0.4) is 0 Å². The van der Waals surface area contributed by atoms with Gasteiger partial charge in [-0.2, -0.15) is 5.48 Å². The van der Waals surface area contributed by atoms with E-state index in [1.807, 2.05) is 18.2 Å². The number of fused-ring (bicyclic) bond motifs is 5. The lowest BCUT2D eigenvalue weighted by molar-refractivity contribution is 0.0235. The van der Waals surface area contributed by atoms with Crippen molar-refractivity contribution in [2.45, 2.75) is 44.4 Å². The topological polar surface area (TPSA) is 97.8 Å². The monoisotopic (exact) mass is 436 g/mol. The molecule has 0 spiro atoms. The Labute approximate surface area is 182 Å². The minimum absolute atomic E-state index is 0.0380. The molecule has 1 aliphatic carbocycles. The molecule has 4 heterocycles. The van der Waals surface area contributed by atoms with E-state index in [0.29, 0.717) is 22.6 Å². The van der Waals surface area contributed by atoms with E-state index in [4.69, 9.17) is 10.6 Å². The largest absolute Gasteiger partial charge is 0.355 e. The molecule has 160 valence electrons. The van der Waals surface area contributed by atoms with Crippen molar-refractivity contribution in [1.82, 2.24) is 20.1 Å². The summed E-state index contributed by atoms with van der Waals surface area (Å²) in [4.78, 5) is 22.3. The normalized spacial score (nSPS) is 17.9. The van der Waals surface area contributed by atoms with Gasteiger partial charge in [-0.1, -0.05) is 12.1 Å². The molecule has 2 aliphatic rings. The molecule has 1 aromatic carbocycles. The first-order valence-electron chi connectivity index (χ1n) is 10.8. The number of hydrogen-bond donors (Lipinski definition) is 2. The van der Waals surface area contributed by atoms with Crippen LogP contribution in [0.4, 0.5) is 5.82 Å². The van der Waals surface area contributed by atoms with E-state index in [-0.39, 0.29) is 18.1 Å². The minimum atomic E-state index is -0.0380. The van der Waals surface area contributed by atoms with Crippen molar-refractivity contribution in [3.63, 3.8) is 0 Å². The molecule has 2 fully saturated rings. The molecule has 3 aromatic heterocycles. The average Bonchev–Trinajstić information content (AvgIpc) is 3.54. The third-order valence-corrected chi connectivity index (χ3v) is 7.36. The second-order valence-corrected chi connectivity index (χ2v) is 9.49. The van der Waals surface area contributed by atoms with Gasteiger partial charge in [0.25, 0.3) is 0 Å². The van der Waals surface area contributed by atoms with Crippen LogP contribution in [-0.4, -0.2) is 39.8 Å². The Bertz CT molecular complexity index is 1340. The van der Waals surface area contributed by atoms with Crippen LogP contribution < -0.4 is 21.5 Å². The molecule has 0 atom stereocenters. The molecule has 3 N–H and O–H groups in total. The van der Waals surface area contributed by atoms with Gasteiger partial charge in [-0.15, -0.1) is 21.5 Å². The average molecular weight is 437 g/mol. The number of pyridine rings is 1. The number of nitrogens with zero attached hydrogens (tertiary/aromatic N) is 4. The number of thiazole rings is 1. The Kier molecular flexibility index (Phi) is 4.64. The van der Waals surface area contributed by atoms with Gasteiger partial charge in [-0.05, 0) is 43.9 Å². The zero-order valence-electron chi connectivity index (χ0n) is 17.1. The number of benzene rings is 1. The van der Waals surface area contributed by atoms with Gasteiger partial charge in [0.2, 0.25) is 0 Å². The second-order valence-electron chi connectivity index (χ2n) is 8.46.